The third kappa shape index (κ3) is 5.02. The maximum atomic E-state index is 13.1. The maximum absolute atomic E-state index is 13.1. The number of carbonyl (C=O) groups excluding carboxylic acids is 2. The minimum atomic E-state index is -1.00. The van der Waals surface area contributed by atoms with E-state index in [4.69, 9.17) is 12.2 Å². The Morgan fingerprint density at radius 1 is 1.11 bits per heavy atom. The number of hydrogen-bond donors (Lipinski definition) is 3. The number of terminal acetylenes is 1. The summed E-state index contributed by atoms with van der Waals surface area (Å²) >= 11 is 0. The van der Waals surface area contributed by atoms with Crippen LogP contribution in [-0.2, 0) is 9.59 Å². The van der Waals surface area contributed by atoms with Gasteiger partial charge in [-0.3, -0.25) is 14.5 Å². The average molecular weight is 365 g/mol. The zero-order valence-corrected chi connectivity index (χ0v) is 15.6. The first-order valence-corrected chi connectivity index (χ1v) is 8.38. The van der Waals surface area contributed by atoms with Crippen molar-refractivity contribution in [1.82, 2.24) is 5.32 Å². The van der Waals surface area contributed by atoms with Crippen molar-refractivity contribution in [3.8, 4) is 18.1 Å². The molecule has 0 radical (unpaired) electrons. The Balaban J connectivity index is 2.60. The number of benzene rings is 2. The summed E-state index contributed by atoms with van der Waals surface area (Å²) in [6.45, 7) is 5.54. The molecule has 0 aliphatic heterocycles. The molecule has 2 amide bonds. The molecule has 2 rings (SSSR count). The minimum Gasteiger partial charge on any atom is -0.508 e. The van der Waals surface area contributed by atoms with Crippen molar-refractivity contribution in [3.05, 3.63) is 54.1 Å². The molecule has 0 saturated carbocycles. The van der Waals surface area contributed by atoms with Gasteiger partial charge in [-0.15, -0.1) is 6.42 Å². The van der Waals surface area contributed by atoms with Crippen LogP contribution in [0.3, 0.4) is 0 Å². The summed E-state index contributed by atoms with van der Waals surface area (Å²) in [5.74, 6) is 1.05. The summed E-state index contributed by atoms with van der Waals surface area (Å²) in [6.07, 6.45) is 5.37. The first kappa shape index (κ1) is 19.9. The molecular formula is C21H23N3O3. The fourth-order valence-electron chi connectivity index (χ4n) is 2.60. The molecule has 0 aliphatic rings. The summed E-state index contributed by atoms with van der Waals surface area (Å²) in [6, 6.07) is 11.6. The molecule has 0 saturated heterocycles. The molecule has 0 bridgehead atoms. The first-order valence-electron chi connectivity index (χ1n) is 8.38. The molecule has 2 aromatic rings. The van der Waals surface area contributed by atoms with Crippen molar-refractivity contribution < 1.29 is 14.7 Å². The number of nitrogens with zero attached hydrogens (tertiary/aromatic N) is 1. The van der Waals surface area contributed by atoms with Crippen LogP contribution < -0.4 is 16.0 Å². The summed E-state index contributed by atoms with van der Waals surface area (Å²) in [5, 5.41) is 12.4. The Labute approximate surface area is 159 Å². The predicted octanol–water partition coefficient (Wildman–Crippen LogP) is 2.60. The van der Waals surface area contributed by atoms with Crippen LogP contribution in [0.15, 0.2) is 48.5 Å². The number of nitrogen functional groups attached to an aromatic ring is 1. The van der Waals surface area contributed by atoms with Gasteiger partial charge < -0.3 is 16.2 Å². The molecule has 0 heterocycles. The van der Waals surface area contributed by atoms with E-state index in [9.17, 15) is 14.7 Å². The van der Waals surface area contributed by atoms with E-state index in [0.29, 0.717) is 16.9 Å². The van der Waals surface area contributed by atoms with Crippen molar-refractivity contribution in [2.45, 2.75) is 32.4 Å². The average Bonchev–Trinajstić information content (AvgIpc) is 2.59. The normalized spacial score (nSPS) is 11.9. The van der Waals surface area contributed by atoms with Crippen LogP contribution in [0.25, 0.3) is 0 Å². The number of nitrogens with one attached hydrogen (secondary N) is 1. The Bertz CT molecular complexity index is 860. The number of nitrogens with two attached hydrogens (primary N) is 1. The van der Waals surface area contributed by atoms with Gasteiger partial charge >= 0.3 is 5.91 Å². The van der Waals surface area contributed by atoms with E-state index in [1.807, 2.05) is 20.8 Å². The highest BCUT2D eigenvalue weighted by Crippen LogP contribution is 2.30. The number of hydrogen-bond acceptors (Lipinski definition) is 4. The van der Waals surface area contributed by atoms with E-state index < -0.39 is 17.5 Å². The van der Waals surface area contributed by atoms with Gasteiger partial charge in [-0.2, -0.15) is 0 Å². The second-order valence-electron chi connectivity index (χ2n) is 7.14. The van der Waals surface area contributed by atoms with E-state index in [0.717, 1.165) is 0 Å². The predicted molar refractivity (Wildman–Crippen MR) is 106 cm³/mol. The Morgan fingerprint density at radius 2 is 1.67 bits per heavy atom. The molecule has 6 heteroatoms. The molecule has 27 heavy (non-hydrogen) atoms. The topological polar surface area (TPSA) is 95.7 Å². The third-order valence-corrected chi connectivity index (χ3v) is 3.73. The number of carbonyl (C=O) groups is 2. The highest BCUT2D eigenvalue weighted by molar-refractivity contribution is 6.09. The molecule has 0 fully saturated rings. The van der Waals surface area contributed by atoms with Gasteiger partial charge in [-0.1, -0.05) is 12.1 Å². The number of phenolic OH excluding ortho intramolecular Hbond substituents is 1. The summed E-state index contributed by atoms with van der Waals surface area (Å²) < 4.78 is 0. The Morgan fingerprint density at radius 3 is 2.15 bits per heavy atom. The van der Waals surface area contributed by atoms with Gasteiger partial charge in [0.05, 0.1) is 0 Å². The van der Waals surface area contributed by atoms with Gasteiger partial charge in [0.25, 0.3) is 0 Å². The van der Waals surface area contributed by atoms with Crippen molar-refractivity contribution in [3.63, 3.8) is 0 Å². The van der Waals surface area contributed by atoms with Crippen LogP contribution in [0.5, 0.6) is 5.75 Å². The molecule has 6 nitrogen and oxygen atoms in total. The van der Waals surface area contributed by atoms with Crippen molar-refractivity contribution in [2.24, 2.45) is 0 Å². The largest absolute Gasteiger partial charge is 0.508 e. The summed E-state index contributed by atoms with van der Waals surface area (Å²) in [5.41, 5.74) is 6.73. The van der Waals surface area contributed by atoms with Gasteiger partial charge in [-0.25, -0.2) is 0 Å². The zero-order chi connectivity index (χ0) is 20.2. The van der Waals surface area contributed by atoms with Crippen LogP contribution in [0.1, 0.15) is 32.4 Å². The molecule has 4 N–H and O–H groups in total. The number of anilines is 2. The molecule has 1 unspecified atom stereocenters. The van der Waals surface area contributed by atoms with Crippen LogP contribution in [0.2, 0.25) is 0 Å². The van der Waals surface area contributed by atoms with Crippen LogP contribution in [0.4, 0.5) is 11.4 Å². The highest BCUT2D eigenvalue weighted by atomic mass is 16.3. The first-order chi connectivity index (χ1) is 12.6. The van der Waals surface area contributed by atoms with Crippen molar-refractivity contribution in [1.29, 1.82) is 0 Å². The zero-order valence-electron chi connectivity index (χ0n) is 15.6. The van der Waals surface area contributed by atoms with Gasteiger partial charge in [0, 0.05) is 16.9 Å². The molecular weight excluding hydrogens is 342 g/mol. The number of aromatic hydroxyl groups is 1. The smallest absolute Gasteiger partial charge is 0.303 e. The Hall–Kier alpha value is -3.46. The lowest BCUT2D eigenvalue weighted by molar-refractivity contribution is -0.126. The molecule has 1 atom stereocenters. The minimum absolute atomic E-state index is 0.0371. The maximum Gasteiger partial charge on any atom is 0.303 e. The molecule has 0 aliphatic carbocycles. The third-order valence-electron chi connectivity index (χ3n) is 3.73. The fourth-order valence-corrected chi connectivity index (χ4v) is 2.60. The lowest BCUT2D eigenvalue weighted by atomic mass is 10.0. The van der Waals surface area contributed by atoms with Gasteiger partial charge in [0.15, 0.2) is 0 Å². The molecule has 0 aromatic heterocycles. The summed E-state index contributed by atoms with van der Waals surface area (Å²) in [4.78, 5) is 26.9. The van der Waals surface area contributed by atoms with E-state index in [2.05, 4.69) is 11.2 Å². The van der Waals surface area contributed by atoms with Crippen molar-refractivity contribution >= 4 is 23.2 Å². The monoisotopic (exact) mass is 365 g/mol. The second-order valence-corrected chi connectivity index (χ2v) is 7.14. The fraction of sp³-hybridized carbons (Fsp3) is 0.238. The number of amides is 2. The van der Waals surface area contributed by atoms with Gasteiger partial charge in [0.1, 0.15) is 11.8 Å². The van der Waals surface area contributed by atoms with Gasteiger partial charge in [-0.05, 0) is 68.7 Å². The highest BCUT2D eigenvalue weighted by Gasteiger charge is 2.33. The molecule has 0 spiro atoms. The van der Waals surface area contributed by atoms with E-state index >= 15 is 0 Å². The van der Waals surface area contributed by atoms with Crippen molar-refractivity contribution in [2.75, 3.05) is 10.6 Å². The van der Waals surface area contributed by atoms with Crippen LogP contribution in [-0.4, -0.2) is 22.5 Å². The Kier molecular flexibility index (Phi) is 5.76. The SMILES string of the molecule is C#CC(=O)N(c1ccc(O)cc1)C(C(=O)NC(C)(C)C)c1ccc(N)cc1. The second kappa shape index (κ2) is 7.83. The number of rotatable bonds is 4. The lowest BCUT2D eigenvalue weighted by Gasteiger charge is -2.32. The quantitative estimate of drug-likeness (QED) is 0.573. The van der Waals surface area contributed by atoms with Crippen LogP contribution >= 0.6 is 0 Å². The number of phenols is 1. The van der Waals surface area contributed by atoms with Gasteiger partial charge in [0.2, 0.25) is 5.91 Å². The van der Waals surface area contributed by atoms with E-state index in [-0.39, 0.29) is 11.7 Å². The lowest BCUT2D eigenvalue weighted by Crippen LogP contribution is -2.49. The molecule has 2 aromatic carbocycles. The van der Waals surface area contributed by atoms with Crippen LogP contribution in [0, 0.1) is 12.3 Å². The van der Waals surface area contributed by atoms with E-state index in [1.54, 1.807) is 24.3 Å². The summed E-state index contributed by atoms with van der Waals surface area (Å²) in [7, 11) is 0. The molecule has 140 valence electrons. The standard InChI is InChI=1S/C21H23N3O3/c1-5-18(26)24(16-10-12-17(25)13-11-16)19(20(27)23-21(2,3)4)14-6-8-15(22)9-7-14/h1,6-13,19,25H,22H2,2-4H3,(H,23,27). The van der Waals surface area contributed by atoms with E-state index in [1.165, 1.54) is 29.2 Å².